The van der Waals surface area contributed by atoms with Gasteiger partial charge in [0.25, 0.3) is 0 Å². The number of thiophene rings is 1. The van der Waals surface area contributed by atoms with Crippen LogP contribution < -0.4 is 10.2 Å². The lowest BCUT2D eigenvalue weighted by Crippen LogP contribution is -2.52. The number of carbonyl (C=O) groups excluding carboxylic acids is 1. The molecule has 1 N–H and O–H groups in total. The minimum Gasteiger partial charge on any atom is -0.368 e. The van der Waals surface area contributed by atoms with Crippen molar-refractivity contribution in [2.24, 2.45) is 0 Å². The molecule has 0 spiro atoms. The number of amides is 2. The van der Waals surface area contributed by atoms with Crippen molar-refractivity contribution in [3.05, 3.63) is 52.2 Å². The molecule has 0 unspecified atom stereocenters. The first kappa shape index (κ1) is 18.6. The molecule has 0 atom stereocenters. The molecule has 1 aliphatic heterocycles. The number of rotatable bonds is 4. The Morgan fingerprint density at radius 1 is 1.12 bits per heavy atom. The Bertz CT molecular complexity index is 726. The molecule has 2 aromatic rings. The molecule has 1 aromatic carbocycles. The Labute approximate surface area is 154 Å². The van der Waals surface area contributed by atoms with Gasteiger partial charge in [-0.25, -0.2) is 4.79 Å². The van der Waals surface area contributed by atoms with Crippen LogP contribution in [-0.4, -0.2) is 43.7 Å². The van der Waals surface area contributed by atoms with Crippen molar-refractivity contribution in [3.8, 4) is 0 Å². The second-order valence-electron chi connectivity index (χ2n) is 6.08. The Kier molecular flexibility index (Phi) is 5.70. The van der Waals surface area contributed by atoms with Gasteiger partial charge in [0.1, 0.15) is 0 Å². The third kappa shape index (κ3) is 4.69. The van der Waals surface area contributed by atoms with Crippen LogP contribution in [0.1, 0.15) is 10.4 Å². The Morgan fingerprint density at radius 2 is 1.88 bits per heavy atom. The van der Waals surface area contributed by atoms with E-state index in [0.29, 0.717) is 38.4 Å². The van der Waals surface area contributed by atoms with Gasteiger partial charge in [-0.05, 0) is 36.1 Å². The fourth-order valence-corrected chi connectivity index (χ4v) is 3.61. The van der Waals surface area contributed by atoms with Crippen molar-refractivity contribution in [2.75, 3.05) is 37.6 Å². The number of urea groups is 1. The van der Waals surface area contributed by atoms with Crippen LogP contribution in [0, 0.1) is 0 Å². The smallest absolute Gasteiger partial charge is 0.368 e. The molecular formula is C18H20F3N3OS. The summed E-state index contributed by atoms with van der Waals surface area (Å²) in [7, 11) is 0. The third-order valence-corrected chi connectivity index (χ3v) is 5.27. The molecule has 1 aliphatic rings. The SMILES string of the molecule is O=C(NCCc1cccs1)N1CCN(c2cccc(C(F)(F)F)c2)CC1. The second kappa shape index (κ2) is 7.99. The number of piperazine rings is 1. The fourth-order valence-electron chi connectivity index (χ4n) is 2.91. The standard InChI is InChI=1S/C18H20F3N3OS/c19-18(20,21)14-3-1-4-15(13-14)23-8-10-24(11-9-23)17(25)22-7-6-16-5-2-12-26-16/h1-5,12-13H,6-11H2,(H,22,25). The van der Waals surface area contributed by atoms with Crippen molar-refractivity contribution < 1.29 is 18.0 Å². The van der Waals surface area contributed by atoms with Gasteiger partial charge < -0.3 is 15.1 Å². The number of nitrogens with one attached hydrogen (secondary N) is 1. The van der Waals surface area contributed by atoms with Gasteiger partial charge >= 0.3 is 12.2 Å². The van der Waals surface area contributed by atoms with Crippen molar-refractivity contribution >= 4 is 23.1 Å². The van der Waals surface area contributed by atoms with E-state index in [9.17, 15) is 18.0 Å². The summed E-state index contributed by atoms with van der Waals surface area (Å²) < 4.78 is 38.5. The number of hydrogen-bond acceptors (Lipinski definition) is 3. The van der Waals surface area contributed by atoms with Gasteiger partial charge in [0, 0.05) is 43.3 Å². The third-order valence-electron chi connectivity index (χ3n) is 4.33. The first-order chi connectivity index (χ1) is 12.4. The molecule has 2 amide bonds. The summed E-state index contributed by atoms with van der Waals surface area (Å²) in [6.07, 6.45) is -3.55. The quantitative estimate of drug-likeness (QED) is 0.871. The van der Waals surface area contributed by atoms with E-state index in [-0.39, 0.29) is 6.03 Å². The molecule has 0 saturated carbocycles. The molecule has 0 radical (unpaired) electrons. The number of benzene rings is 1. The molecule has 140 valence electrons. The molecule has 1 fully saturated rings. The lowest BCUT2D eigenvalue weighted by atomic mass is 10.1. The molecule has 2 heterocycles. The number of hydrogen-bond donors (Lipinski definition) is 1. The average Bonchev–Trinajstić information content (AvgIpc) is 3.15. The van der Waals surface area contributed by atoms with Crippen molar-refractivity contribution in [2.45, 2.75) is 12.6 Å². The van der Waals surface area contributed by atoms with Crippen LogP contribution in [-0.2, 0) is 12.6 Å². The van der Waals surface area contributed by atoms with Crippen LogP contribution in [0.3, 0.4) is 0 Å². The maximum Gasteiger partial charge on any atom is 0.416 e. The number of anilines is 1. The summed E-state index contributed by atoms with van der Waals surface area (Å²) in [5, 5.41) is 4.90. The van der Waals surface area contributed by atoms with Gasteiger partial charge in [-0.15, -0.1) is 11.3 Å². The van der Waals surface area contributed by atoms with E-state index in [2.05, 4.69) is 5.32 Å². The molecular weight excluding hydrogens is 363 g/mol. The van der Waals surface area contributed by atoms with E-state index >= 15 is 0 Å². The summed E-state index contributed by atoms with van der Waals surface area (Å²) in [5.74, 6) is 0. The predicted molar refractivity (Wildman–Crippen MR) is 96.7 cm³/mol. The largest absolute Gasteiger partial charge is 0.416 e. The lowest BCUT2D eigenvalue weighted by Gasteiger charge is -2.36. The normalized spacial score (nSPS) is 15.2. The maximum atomic E-state index is 12.8. The minimum absolute atomic E-state index is 0.120. The van der Waals surface area contributed by atoms with E-state index in [4.69, 9.17) is 0 Å². The molecule has 4 nitrogen and oxygen atoms in total. The van der Waals surface area contributed by atoms with Crippen molar-refractivity contribution in [1.82, 2.24) is 10.2 Å². The number of nitrogens with zero attached hydrogens (tertiary/aromatic N) is 2. The summed E-state index contributed by atoms with van der Waals surface area (Å²) in [5.41, 5.74) is -0.110. The molecule has 1 saturated heterocycles. The topological polar surface area (TPSA) is 35.6 Å². The van der Waals surface area contributed by atoms with E-state index < -0.39 is 11.7 Å². The van der Waals surface area contributed by atoms with Crippen LogP contribution in [0.5, 0.6) is 0 Å². The Hall–Kier alpha value is -2.22. The zero-order chi connectivity index (χ0) is 18.6. The summed E-state index contributed by atoms with van der Waals surface area (Å²) in [4.78, 5) is 17.0. The number of halogens is 3. The lowest BCUT2D eigenvalue weighted by molar-refractivity contribution is -0.137. The monoisotopic (exact) mass is 383 g/mol. The number of alkyl halides is 3. The highest BCUT2D eigenvalue weighted by molar-refractivity contribution is 7.09. The second-order valence-corrected chi connectivity index (χ2v) is 7.12. The molecule has 0 aliphatic carbocycles. The highest BCUT2D eigenvalue weighted by atomic mass is 32.1. The molecule has 0 bridgehead atoms. The van der Waals surface area contributed by atoms with Gasteiger partial charge in [-0.2, -0.15) is 13.2 Å². The highest BCUT2D eigenvalue weighted by Crippen LogP contribution is 2.31. The zero-order valence-electron chi connectivity index (χ0n) is 14.1. The van der Waals surface area contributed by atoms with E-state index in [0.717, 1.165) is 18.6 Å². The summed E-state index contributed by atoms with van der Waals surface area (Å²) in [6, 6.07) is 9.22. The molecule has 26 heavy (non-hydrogen) atoms. The van der Waals surface area contributed by atoms with Gasteiger partial charge in [0.2, 0.25) is 0 Å². The molecule has 3 rings (SSSR count). The number of carbonyl (C=O) groups is 1. The Morgan fingerprint density at radius 3 is 2.54 bits per heavy atom. The first-order valence-corrected chi connectivity index (χ1v) is 9.29. The van der Waals surface area contributed by atoms with Crippen LogP contribution in [0.4, 0.5) is 23.7 Å². The van der Waals surface area contributed by atoms with Crippen molar-refractivity contribution in [3.63, 3.8) is 0 Å². The van der Waals surface area contributed by atoms with Crippen molar-refractivity contribution in [1.29, 1.82) is 0 Å². The van der Waals surface area contributed by atoms with E-state index in [1.54, 1.807) is 22.3 Å². The highest BCUT2D eigenvalue weighted by Gasteiger charge is 2.31. The molecule has 8 heteroatoms. The molecule has 1 aromatic heterocycles. The average molecular weight is 383 g/mol. The van der Waals surface area contributed by atoms with Gasteiger partial charge in [0.05, 0.1) is 5.56 Å². The van der Waals surface area contributed by atoms with Gasteiger partial charge in [0.15, 0.2) is 0 Å². The van der Waals surface area contributed by atoms with E-state index in [1.165, 1.54) is 10.9 Å². The first-order valence-electron chi connectivity index (χ1n) is 8.41. The zero-order valence-corrected chi connectivity index (χ0v) is 14.9. The van der Waals surface area contributed by atoms with Gasteiger partial charge in [-0.3, -0.25) is 0 Å². The minimum atomic E-state index is -4.35. The summed E-state index contributed by atoms with van der Waals surface area (Å²) >= 11 is 1.66. The van der Waals surface area contributed by atoms with Crippen LogP contribution in [0.25, 0.3) is 0 Å². The fraction of sp³-hybridized carbons (Fsp3) is 0.389. The van der Waals surface area contributed by atoms with Crippen LogP contribution in [0.2, 0.25) is 0 Å². The van der Waals surface area contributed by atoms with Gasteiger partial charge in [-0.1, -0.05) is 12.1 Å². The maximum absolute atomic E-state index is 12.8. The summed E-state index contributed by atoms with van der Waals surface area (Å²) in [6.45, 7) is 2.58. The Balaban J connectivity index is 1.48. The van der Waals surface area contributed by atoms with Crippen LogP contribution in [0.15, 0.2) is 41.8 Å². The predicted octanol–water partition coefficient (Wildman–Crippen LogP) is 3.84. The van der Waals surface area contributed by atoms with E-state index in [1.807, 2.05) is 22.4 Å². The van der Waals surface area contributed by atoms with Crippen LogP contribution >= 0.6 is 11.3 Å².